The number of anilines is 1. The second-order valence-electron chi connectivity index (χ2n) is 10.4. The van der Waals surface area contributed by atoms with Gasteiger partial charge in [-0.25, -0.2) is 8.42 Å². The van der Waals surface area contributed by atoms with Crippen LogP contribution in [0.5, 0.6) is 0 Å². The van der Waals surface area contributed by atoms with Crippen LogP contribution in [0.2, 0.25) is 10.0 Å². The van der Waals surface area contributed by atoms with Gasteiger partial charge in [0.15, 0.2) is 0 Å². The largest absolute Gasteiger partial charge is 0.354 e. The van der Waals surface area contributed by atoms with Gasteiger partial charge in [-0.2, -0.15) is 0 Å². The lowest BCUT2D eigenvalue weighted by atomic mass is 10.0. The van der Waals surface area contributed by atoms with Gasteiger partial charge >= 0.3 is 0 Å². The molecule has 0 saturated heterocycles. The van der Waals surface area contributed by atoms with E-state index in [1.54, 1.807) is 30.3 Å². The smallest absolute Gasteiger partial charge is 0.244 e. The molecular weight excluding hydrogens is 581 g/mol. The molecule has 0 saturated carbocycles. The van der Waals surface area contributed by atoms with Crippen LogP contribution < -0.4 is 9.62 Å². The van der Waals surface area contributed by atoms with Crippen LogP contribution in [0, 0.1) is 5.92 Å². The summed E-state index contributed by atoms with van der Waals surface area (Å²) in [5, 5.41) is 3.73. The van der Waals surface area contributed by atoms with Crippen molar-refractivity contribution in [3.05, 3.63) is 99.5 Å². The Morgan fingerprint density at radius 2 is 1.59 bits per heavy atom. The highest BCUT2D eigenvalue weighted by Crippen LogP contribution is 2.25. The number of hydrogen-bond acceptors (Lipinski definition) is 4. The van der Waals surface area contributed by atoms with Crippen molar-refractivity contribution in [2.45, 2.75) is 46.2 Å². The summed E-state index contributed by atoms with van der Waals surface area (Å²) in [6.45, 7) is 5.89. The summed E-state index contributed by atoms with van der Waals surface area (Å²) < 4.78 is 26.9. The van der Waals surface area contributed by atoms with Crippen LogP contribution in [0.4, 0.5) is 5.69 Å². The molecule has 0 unspecified atom stereocenters. The minimum absolute atomic E-state index is 0.0200. The molecule has 0 aliphatic carbocycles. The average Bonchev–Trinajstić information content (AvgIpc) is 2.93. The van der Waals surface area contributed by atoms with E-state index in [0.29, 0.717) is 27.8 Å². The summed E-state index contributed by atoms with van der Waals surface area (Å²) >= 11 is 12.6. The molecule has 220 valence electrons. The molecule has 7 nitrogen and oxygen atoms in total. The Hall–Kier alpha value is -3.07. The fourth-order valence-electron chi connectivity index (χ4n) is 4.32. The highest BCUT2D eigenvalue weighted by atomic mass is 35.5. The van der Waals surface area contributed by atoms with E-state index in [0.717, 1.165) is 28.1 Å². The van der Waals surface area contributed by atoms with Crippen molar-refractivity contribution in [1.82, 2.24) is 10.2 Å². The van der Waals surface area contributed by atoms with Crippen molar-refractivity contribution in [2.75, 3.05) is 23.7 Å². The quantitative estimate of drug-likeness (QED) is 0.265. The number of halogens is 2. The minimum atomic E-state index is -3.84. The molecule has 0 aliphatic heterocycles. The highest BCUT2D eigenvalue weighted by molar-refractivity contribution is 7.92. The van der Waals surface area contributed by atoms with Crippen LogP contribution >= 0.6 is 23.2 Å². The van der Waals surface area contributed by atoms with E-state index < -0.39 is 28.5 Å². The van der Waals surface area contributed by atoms with E-state index in [-0.39, 0.29) is 24.8 Å². The first-order chi connectivity index (χ1) is 19.4. The molecule has 0 bridgehead atoms. The average molecular weight is 619 g/mol. The summed E-state index contributed by atoms with van der Waals surface area (Å²) in [4.78, 5) is 29.2. The molecule has 1 N–H and O–H groups in total. The van der Waals surface area contributed by atoms with Gasteiger partial charge in [-0.15, -0.1) is 0 Å². The van der Waals surface area contributed by atoms with E-state index in [1.807, 2.05) is 63.2 Å². The van der Waals surface area contributed by atoms with E-state index in [2.05, 4.69) is 5.32 Å². The number of nitrogens with one attached hydrogen (secondary N) is 1. The third-order valence-electron chi connectivity index (χ3n) is 6.62. The monoisotopic (exact) mass is 617 g/mol. The summed E-state index contributed by atoms with van der Waals surface area (Å²) in [5.41, 5.74) is 2.84. The Bertz CT molecular complexity index is 1430. The van der Waals surface area contributed by atoms with Gasteiger partial charge < -0.3 is 10.2 Å². The maximum Gasteiger partial charge on any atom is 0.244 e. The van der Waals surface area contributed by atoms with Gasteiger partial charge in [0.2, 0.25) is 21.8 Å². The first kappa shape index (κ1) is 32.4. The lowest BCUT2D eigenvalue weighted by Gasteiger charge is -2.34. The number of carbonyl (C=O) groups excluding carboxylic acids is 2. The van der Waals surface area contributed by atoms with Crippen molar-refractivity contribution in [2.24, 2.45) is 5.92 Å². The van der Waals surface area contributed by atoms with E-state index in [4.69, 9.17) is 23.2 Å². The number of amides is 2. The number of rotatable bonds is 13. The molecular formula is C31H37Cl2N3O4S. The van der Waals surface area contributed by atoms with Gasteiger partial charge in [0.1, 0.15) is 12.6 Å². The molecule has 0 spiro atoms. The number of benzene rings is 3. The van der Waals surface area contributed by atoms with Gasteiger partial charge in [-0.3, -0.25) is 13.9 Å². The number of aryl methyl sites for hydroxylation is 1. The Balaban J connectivity index is 2.06. The highest BCUT2D eigenvalue weighted by Gasteiger charge is 2.33. The van der Waals surface area contributed by atoms with Gasteiger partial charge in [0.05, 0.1) is 11.9 Å². The fraction of sp³-hybridized carbons (Fsp3) is 0.355. The molecule has 3 aromatic rings. The fourth-order valence-corrected chi connectivity index (χ4v) is 5.64. The van der Waals surface area contributed by atoms with E-state index in [9.17, 15) is 18.0 Å². The SMILES string of the molecule is CCc1ccc(N(CC(=O)N(Cc2ccc(Cl)cc2Cl)[C@@H](Cc2ccccc2)C(=O)NCC(C)C)S(C)(=O)=O)cc1. The number of nitrogens with zero attached hydrogens (tertiary/aromatic N) is 2. The van der Waals surface area contributed by atoms with Crippen LogP contribution in [0.1, 0.15) is 37.5 Å². The standard InChI is InChI=1S/C31H37Cl2N3O4S/c1-5-23-11-15-27(16-12-23)36(41(4,39)40)21-30(37)35(20-25-13-14-26(32)18-28(25)33)29(31(38)34-19-22(2)3)17-24-9-7-6-8-10-24/h6-16,18,22,29H,5,17,19-21H2,1-4H3,(H,34,38)/t29-/m0/s1. The van der Waals surface area contributed by atoms with Crippen LogP contribution in [0.25, 0.3) is 0 Å². The molecule has 0 aromatic heterocycles. The molecule has 1 atom stereocenters. The topological polar surface area (TPSA) is 86.8 Å². The van der Waals surface area contributed by atoms with Crippen molar-refractivity contribution < 1.29 is 18.0 Å². The first-order valence-electron chi connectivity index (χ1n) is 13.5. The first-order valence-corrected chi connectivity index (χ1v) is 16.1. The minimum Gasteiger partial charge on any atom is -0.354 e. The van der Waals surface area contributed by atoms with Gasteiger partial charge in [-0.05, 0) is 53.3 Å². The molecule has 3 rings (SSSR count). The molecule has 3 aromatic carbocycles. The lowest BCUT2D eigenvalue weighted by molar-refractivity contribution is -0.140. The number of sulfonamides is 1. The third kappa shape index (κ3) is 9.48. The Morgan fingerprint density at radius 3 is 2.15 bits per heavy atom. The summed E-state index contributed by atoms with van der Waals surface area (Å²) in [5.74, 6) is -0.682. The van der Waals surface area contributed by atoms with Crippen molar-refractivity contribution >= 4 is 50.7 Å². The predicted molar refractivity (Wildman–Crippen MR) is 167 cm³/mol. The van der Waals surface area contributed by atoms with Gasteiger partial charge in [0.25, 0.3) is 0 Å². The number of carbonyl (C=O) groups is 2. The third-order valence-corrected chi connectivity index (χ3v) is 8.35. The van der Waals surface area contributed by atoms with E-state index in [1.165, 1.54) is 4.90 Å². The Labute approximate surface area is 253 Å². The molecule has 0 heterocycles. The van der Waals surface area contributed by atoms with Crippen LogP contribution in [-0.2, 0) is 39.0 Å². The van der Waals surface area contributed by atoms with Crippen molar-refractivity contribution in [3.8, 4) is 0 Å². The van der Waals surface area contributed by atoms with Crippen molar-refractivity contribution in [3.63, 3.8) is 0 Å². The van der Waals surface area contributed by atoms with E-state index >= 15 is 0 Å². The molecule has 0 fully saturated rings. The molecule has 10 heteroatoms. The van der Waals surface area contributed by atoms with Crippen LogP contribution in [-0.4, -0.2) is 50.5 Å². The zero-order valence-electron chi connectivity index (χ0n) is 23.8. The second-order valence-corrected chi connectivity index (χ2v) is 13.1. The summed E-state index contributed by atoms with van der Waals surface area (Å²) in [6, 6.07) is 20.4. The number of hydrogen-bond donors (Lipinski definition) is 1. The Kier molecular flexibility index (Phi) is 11.6. The van der Waals surface area contributed by atoms with Gasteiger partial charge in [-0.1, -0.05) is 92.5 Å². The second kappa shape index (κ2) is 14.7. The normalized spacial score (nSPS) is 12.2. The predicted octanol–water partition coefficient (Wildman–Crippen LogP) is 5.73. The zero-order chi connectivity index (χ0) is 30.2. The maximum absolute atomic E-state index is 14.1. The summed E-state index contributed by atoms with van der Waals surface area (Å²) in [7, 11) is -3.84. The molecule has 2 amide bonds. The molecule has 41 heavy (non-hydrogen) atoms. The summed E-state index contributed by atoms with van der Waals surface area (Å²) in [6.07, 6.45) is 2.08. The molecule has 0 aliphatic rings. The van der Waals surface area contributed by atoms with Crippen molar-refractivity contribution in [1.29, 1.82) is 0 Å². The Morgan fingerprint density at radius 1 is 0.927 bits per heavy atom. The van der Waals surface area contributed by atoms with Crippen LogP contribution in [0.3, 0.4) is 0 Å². The molecule has 0 radical (unpaired) electrons. The maximum atomic E-state index is 14.1. The lowest BCUT2D eigenvalue weighted by Crippen LogP contribution is -2.53. The van der Waals surface area contributed by atoms with Crippen LogP contribution in [0.15, 0.2) is 72.8 Å². The van der Waals surface area contributed by atoms with Gasteiger partial charge in [0, 0.05) is 29.6 Å². The zero-order valence-corrected chi connectivity index (χ0v) is 26.1.